The third-order valence-electron chi connectivity index (χ3n) is 4.22. The zero-order valence-corrected chi connectivity index (χ0v) is 20.5. The van der Waals surface area contributed by atoms with Crippen LogP contribution in [0, 0.1) is 0 Å². The van der Waals surface area contributed by atoms with E-state index >= 15 is 0 Å². The molecule has 0 atom stereocenters. The molecule has 0 saturated carbocycles. The van der Waals surface area contributed by atoms with Gasteiger partial charge in [-0.3, -0.25) is 0 Å². The van der Waals surface area contributed by atoms with E-state index < -0.39 is 20.0 Å². The highest BCUT2D eigenvalue weighted by Gasteiger charge is 2.35. The van der Waals surface area contributed by atoms with Crippen molar-refractivity contribution in [3.05, 3.63) is 55.4 Å². The van der Waals surface area contributed by atoms with Gasteiger partial charge in [0.2, 0.25) is 20.0 Å². The first-order chi connectivity index (χ1) is 13.0. The van der Waals surface area contributed by atoms with Crippen LogP contribution in [0.4, 0.5) is 0 Å². The Morgan fingerprint density at radius 1 is 0.679 bits per heavy atom. The van der Waals surface area contributed by atoms with E-state index in [-0.39, 0.29) is 36.0 Å². The fourth-order valence-corrected chi connectivity index (χ4v) is 8.00. The van der Waals surface area contributed by atoms with Crippen LogP contribution < -0.4 is 0 Å². The van der Waals surface area contributed by atoms with Crippen molar-refractivity contribution in [1.82, 2.24) is 8.61 Å². The molecule has 0 aromatic heterocycles. The zero-order valence-electron chi connectivity index (χ0n) is 14.1. The molecule has 1 aliphatic rings. The van der Waals surface area contributed by atoms with Gasteiger partial charge in [0.25, 0.3) is 0 Å². The van der Waals surface area contributed by atoms with Crippen LogP contribution >= 0.6 is 55.1 Å². The van der Waals surface area contributed by atoms with Gasteiger partial charge in [0.1, 0.15) is 0 Å². The second-order valence-electron chi connectivity index (χ2n) is 5.96. The second kappa shape index (κ2) is 8.50. The molecule has 12 heteroatoms. The minimum absolute atomic E-state index is 0.0265. The molecule has 1 fully saturated rings. The molecule has 2 aromatic rings. The zero-order chi connectivity index (χ0) is 20.7. The molecule has 0 radical (unpaired) electrons. The second-order valence-corrected chi connectivity index (χ2v) is 12.4. The molecule has 0 spiro atoms. The number of rotatable bonds is 4. The summed E-state index contributed by atoms with van der Waals surface area (Å²) in [5, 5.41) is 0.600. The number of piperazine rings is 1. The van der Waals surface area contributed by atoms with Crippen molar-refractivity contribution in [2.45, 2.75) is 9.79 Å². The largest absolute Gasteiger partial charge is 0.244 e. The fraction of sp³-hybridized carbons (Fsp3) is 0.250. The maximum atomic E-state index is 12.9. The summed E-state index contributed by atoms with van der Waals surface area (Å²) in [6.07, 6.45) is 0. The van der Waals surface area contributed by atoms with Crippen LogP contribution in [0.1, 0.15) is 0 Å². The maximum absolute atomic E-state index is 12.9. The topological polar surface area (TPSA) is 74.8 Å². The van der Waals surface area contributed by atoms with Crippen LogP contribution in [0.25, 0.3) is 0 Å². The van der Waals surface area contributed by atoms with Gasteiger partial charge in [-0.05, 0) is 68.3 Å². The average molecular weight is 593 g/mol. The van der Waals surface area contributed by atoms with E-state index in [1.165, 1.54) is 20.7 Å². The number of hydrogen-bond donors (Lipinski definition) is 0. The van der Waals surface area contributed by atoms with Crippen LogP contribution in [0.3, 0.4) is 0 Å². The van der Waals surface area contributed by atoms with E-state index in [1.54, 1.807) is 24.3 Å². The van der Waals surface area contributed by atoms with E-state index in [0.717, 1.165) is 0 Å². The van der Waals surface area contributed by atoms with E-state index in [9.17, 15) is 16.8 Å². The molecule has 2 aromatic carbocycles. The van der Waals surface area contributed by atoms with Crippen LogP contribution in [-0.4, -0.2) is 51.6 Å². The highest BCUT2D eigenvalue weighted by atomic mass is 79.9. The van der Waals surface area contributed by atoms with Crippen molar-refractivity contribution in [3.8, 4) is 0 Å². The minimum Gasteiger partial charge on any atom is -0.207 e. The smallest absolute Gasteiger partial charge is 0.207 e. The van der Waals surface area contributed by atoms with Gasteiger partial charge in [-0.2, -0.15) is 8.61 Å². The van der Waals surface area contributed by atoms with E-state index in [2.05, 4.69) is 31.9 Å². The van der Waals surface area contributed by atoms with Crippen molar-refractivity contribution in [1.29, 1.82) is 0 Å². The third kappa shape index (κ3) is 4.44. The lowest BCUT2D eigenvalue weighted by Gasteiger charge is -2.33. The summed E-state index contributed by atoms with van der Waals surface area (Å²) in [5.74, 6) is 0. The lowest BCUT2D eigenvalue weighted by Crippen LogP contribution is -2.50. The van der Waals surface area contributed by atoms with Crippen molar-refractivity contribution in [2.24, 2.45) is 0 Å². The normalized spacial score (nSPS) is 17.0. The van der Waals surface area contributed by atoms with Crippen molar-refractivity contribution >= 4 is 75.1 Å². The molecular weight excluding hydrogens is 579 g/mol. The summed E-state index contributed by atoms with van der Waals surface area (Å²) < 4.78 is 55.0. The highest BCUT2D eigenvalue weighted by molar-refractivity contribution is 9.10. The van der Waals surface area contributed by atoms with Gasteiger partial charge in [0.15, 0.2) is 0 Å². The first-order valence-electron chi connectivity index (χ1n) is 7.94. The summed E-state index contributed by atoms with van der Waals surface area (Å²) in [6, 6.07) is 9.02. The standard InChI is InChI=1S/C16H14Br2Cl2N2O4S2/c17-13-3-1-11(19)9-15(13)27(23,24)21-5-7-22(8-6-21)28(25,26)16-10-12(20)2-4-14(16)18/h1-4,9-10H,5-8H2. The highest BCUT2D eigenvalue weighted by Crippen LogP contribution is 2.31. The number of nitrogens with zero attached hydrogens (tertiary/aromatic N) is 2. The maximum Gasteiger partial charge on any atom is 0.244 e. The Labute approximate surface area is 190 Å². The quantitative estimate of drug-likeness (QED) is 0.533. The molecule has 0 N–H and O–H groups in total. The molecule has 3 rings (SSSR count). The first-order valence-corrected chi connectivity index (χ1v) is 13.2. The van der Waals surface area contributed by atoms with E-state index in [4.69, 9.17) is 23.2 Å². The van der Waals surface area contributed by atoms with Crippen LogP contribution in [0.15, 0.2) is 55.1 Å². The van der Waals surface area contributed by atoms with Crippen molar-refractivity contribution in [2.75, 3.05) is 26.2 Å². The van der Waals surface area contributed by atoms with Gasteiger partial charge in [-0.15, -0.1) is 0 Å². The van der Waals surface area contributed by atoms with Gasteiger partial charge >= 0.3 is 0 Å². The predicted octanol–water partition coefficient (Wildman–Crippen LogP) is 4.21. The summed E-state index contributed by atoms with van der Waals surface area (Å²) in [5.41, 5.74) is 0. The van der Waals surface area contributed by atoms with Crippen LogP contribution in [0.5, 0.6) is 0 Å². The Hall–Kier alpha value is -0.200. The summed E-state index contributed by atoms with van der Waals surface area (Å²) in [7, 11) is -7.63. The average Bonchev–Trinajstić information content (AvgIpc) is 2.65. The minimum atomic E-state index is -3.81. The molecular formula is C16H14Br2Cl2N2O4S2. The van der Waals surface area contributed by atoms with Crippen LogP contribution in [0.2, 0.25) is 10.0 Å². The van der Waals surface area contributed by atoms with E-state index in [0.29, 0.717) is 19.0 Å². The summed E-state index contributed by atoms with van der Waals surface area (Å²) in [4.78, 5) is 0.0998. The lowest BCUT2D eigenvalue weighted by atomic mass is 10.4. The Morgan fingerprint density at radius 3 is 1.32 bits per heavy atom. The van der Waals surface area contributed by atoms with Gasteiger partial charge in [0, 0.05) is 45.2 Å². The van der Waals surface area contributed by atoms with Gasteiger partial charge < -0.3 is 0 Å². The Morgan fingerprint density at radius 2 is 1.00 bits per heavy atom. The SMILES string of the molecule is O=S(=O)(c1cc(Cl)ccc1Br)N1CCN(S(=O)(=O)c2cc(Cl)ccc2Br)CC1. The summed E-state index contributed by atoms with van der Waals surface area (Å²) >= 11 is 18.3. The Bertz CT molecular complexity index is 1030. The Kier molecular flexibility index (Phi) is 6.83. The fourth-order valence-electron chi connectivity index (χ4n) is 2.78. The Balaban J connectivity index is 1.82. The molecule has 6 nitrogen and oxygen atoms in total. The molecule has 152 valence electrons. The molecule has 1 heterocycles. The van der Waals surface area contributed by atoms with Gasteiger partial charge in [0.05, 0.1) is 9.79 Å². The molecule has 0 bridgehead atoms. The monoisotopic (exact) mass is 590 g/mol. The van der Waals surface area contributed by atoms with Crippen molar-refractivity contribution < 1.29 is 16.8 Å². The predicted molar refractivity (Wildman–Crippen MR) is 116 cm³/mol. The van der Waals surface area contributed by atoms with Crippen LogP contribution in [-0.2, 0) is 20.0 Å². The van der Waals surface area contributed by atoms with E-state index in [1.807, 2.05) is 0 Å². The lowest BCUT2D eigenvalue weighted by molar-refractivity contribution is 0.272. The van der Waals surface area contributed by atoms with Gasteiger partial charge in [-0.1, -0.05) is 23.2 Å². The molecule has 0 aliphatic carbocycles. The third-order valence-corrected chi connectivity index (χ3v) is 10.5. The molecule has 0 unspecified atom stereocenters. The van der Waals surface area contributed by atoms with Crippen molar-refractivity contribution in [3.63, 3.8) is 0 Å². The molecule has 0 amide bonds. The number of halogens is 4. The first kappa shape index (κ1) is 22.5. The molecule has 1 aliphatic heterocycles. The molecule has 28 heavy (non-hydrogen) atoms. The molecule has 1 saturated heterocycles. The summed E-state index contributed by atoms with van der Waals surface area (Å²) in [6.45, 7) is 0.106. The number of benzene rings is 2. The van der Waals surface area contributed by atoms with Gasteiger partial charge in [-0.25, -0.2) is 16.8 Å². The number of hydrogen-bond acceptors (Lipinski definition) is 4. The number of sulfonamides is 2.